The number of carboxylic acid groups (broad SMARTS) is 1. The van der Waals surface area contributed by atoms with E-state index in [4.69, 9.17) is 10.5 Å². The number of aliphatic carboxylic acids is 1. The zero-order chi connectivity index (χ0) is 33.6. The van der Waals surface area contributed by atoms with Crippen molar-refractivity contribution >= 4 is 17.8 Å². The van der Waals surface area contributed by atoms with E-state index < -0.39 is 23.2 Å². The molecule has 0 heterocycles. The highest BCUT2D eigenvalue weighted by atomic mass is 16.5. The van der Waals surface area contributed by atoms with Gasteiger partial charge in [-0.05, 0) is 117 Å². The number of nitrogens with one attached hydrogen (secondary N) is 2. The average Bonchev–Trinajstić information content (AvgIpc) is 2.89. The van der Waals surface area contributed by atoms with Gasteiger partial charge in [-0.25, -0.2) is 4.79 Å². The van der Waals surface area contributed by atoms with Crippen molar-refractivity contribution in [2.75, 3.05) is 13.2 Å². The third kappa shape index (κ3) is 15.7. The van der Waals surface area contributed by atoms with Gasteiger partial charge in [0.1, 0.15) is 6.04 Å². The molecule has 0 bridgehead atoms. The molecule has 0 saturated heterocycles. The van der Waals surface area contributed by atoms with Gasteiger partial charge in [0.15, 0.2) is 0 Å². The minimum Gasteiger partial charge on any atom is -0.480 e. The molecular formula is C36H59N3O5. The molecule has 0 aromatic rings. The minimum atomic E-state index is -1.05. The van der Waals surface area contributed by atoms with Crippen LogP contribution in [0.4, 0.5) is 0 Å². The van der Waals surface area contributed by atoms with Crippen molar-refractivity contribution < 1.29 is 24.2 Å². The molecule has 0 aliphatic heterocycles. The van der Waals surface area contributed by atoms with Crippen LogP contribution >= 0.6 is 0 Å². The van der Waals surface area contributed by atoms with Crippen LogP contribution in [0.1, 0.15) is 114 Å². The lowest BCUT2D eigenvalue weighted by atomic mass is 9.72. The first-order valence-corrected chi connectivity index (χ1v) is 16.0. The van der Waals surface area contributed by atoms with E-state index in [1.165, 1.54) is 30.4 Å². The van der Waals surface area contributed by atoms with Crippen LogP contribution in [0, 0.1) is 5.41 Å². The van der Waals surface area contributed by atoms with E-state index in [1.807, 2.05) is 52.8 Å². The molecule has 1 rings (SSSR count). The summed E-state index contributed by atoms with van der Waals surface area (Å²) in [5.74, 6) is -1.59. The Bertz CT molecular complexity index is 1140. The average molecular weight is 614 g/mol. The number of nitrogens with two attached hydrogens (primary N) is 1. The number of allylic oxidation sites excluding steroid dienone is 9. The molecule has 0 spiro atoms. The van der Waals surface area contributed by atoms with Gasteiger partial charge in [0.25, 0.3) is 0 Å². The number of carboxylic acids is 1. The van der Waals surface area contributed by atoms with Gasteiger partial charge >= 0.3 is 5.97 Å². The maximum Gasteiger partial charge on any atom is 0.326 e. The van der Waals surface area contributed by atoms with Gasteiger partial charge in [0.05, 0.1) is 17.7 Å². The predicted octanol–water partition coefficient (Wildman–Crippen LogP) is 6.69. The minimum absolute atomic E-state index is 0.133. The molecule has 248 valence electrons. The van der Waals surface area contributed by atoms with Gasteiger partial charge in [0, 0.05) is 12.5 Å². The lowest BCUT2D eigenvalue weighted by molar-refractivity contribution is -0.142. The van der Waals surface area contributed by atoms with Crippen molar-refractivity contribution in [3.63, 3.8) is 0 Å². The zero-order valence-electron chi connectivity index (χ0n) is 28.8. The second-order valence-electron chi connectivity index (χ2n) is 14.1. The maximum absolute atomic E-state index is 12.7. The zero-order valence-corrected chi connectivity index (χ0v) is 28.8. The van der Waals surface area contributed by atoms with E-state index in [0.717, 1.165) is 11.1 Å². The number of hydrogen-bond acceptors (Lipinski definition) is 5. The Balaban J connectivity index is 2.60. The summed E-state index contributed by atoms with van der Waals surface area (Å²) in [6, 6.07) is -0.920. The number of carbonyl (C=O) groups excluding carboxylic acids is 2. The van der Waals surface area contributed by atoms with Gasteiger partial charge in [-0.15, -0.1) is 0 Å². The normalized spacial score (nSPS) is 17.3. The van der Waals surface area contributed by atoms with Gasteiger partial charge in [-0.1, -0.05) is 55.4 Å². The van der Waals surface area contributed by atoms with Crippen LogP contribution in [0.2, 0.25) is 0 Å². The first-order chi connectivity index (χ1) is 20.4. The lowest BCUT2D eigenvalue weighted by Gasteiger charge is -2.32. The topological polar surface area (TPSA) is 131 Å². The van der Waals surface area contributed by atoms with Gasteiger partial charge in [-0.3, -0.25) is 9.59 Å². The van der Waals surface area contributed by atoms with Crippen molar-refractivity contribution in [3.05, 3.63) is 58.7 Å². The predicted molar refractivity (Wildman–Crippen MR) is 180 cm³/mol. The van der Waals surface area contributed by atoms with Gasteiger partial charge in [-0.2, -0.15) is 0 Å². The molecule has 1 atom stereocenters. The highest BCUT2D eigenvalue weighted by Gasteiger charge is 2.28. The van der Waals surface area contributed by atoms with E-state index in [1.54, 1.807) is 6.08 Å². The largest absolute Gasteiger partial charge is 0.480 e. The van der Waals surface area contributed by atoms with Gasteiger partial charge < -0.3 is 26.2 Å². The fraction of sp³-hybridized carbons (Fsp3) is 0.639. The highest BCUT2D eigenvalue weighted by molar-refractivity contribution is 5.89. The smallest absolute Gasteiger partial charge is 0.326 e. The number of rotatable bonds is 18. The van der Waals surface area contributed by atoms with Crippen molar-refractivity contribution in [1.82, 2.24) is 10.6 Å². The fourth-order valence-electron chi connectivity index (χ4n) is 5.17. The molecule has 5 N–H and O–H groups in total. The molecule has 0 radical (unpaired) electrons. The SMILES string of the molecule is CC1=C(/C=C/C(C)=C/C=C/C(C)=C/C(=O)NC(C)(C)COC(C)(C)CCC(=O)NC(CCCCN)C(=O)O)C(C)(C)CCC1. The molecule has 2 amide bonds. The molecular weight excluding hydrogens is 554 g/mol. The summed E-state index contributed by atoms with van der Waals surface area (Å²) in [5, 5.41) is 15.0. The lowest BCUT2D eigenvalue weighted by Crippen LogP contribution is -2.48. The Kier molecular flexibility index (Phi) is 16.1. The van der Waals surface area contributed by atoms with Gasteiger partial charge in [0.2, 0.25) is 11.8 Å². The second-order valence-corrected chi connectivity index (χ2v) is 14.1. The van der Waals surface area contributed by atoms with Crippen LogP contribution in [0.3, 0.4) is 0 Å². The second kappa shape index (κ2) is 18.1. The Hall–Kier alpha value is -2.97. The van der Waals surface area contributed by atoms with E-state index in [0.29, 0.717) is 32.2 Å². The summed E-state index contributed by atoms with van der Waals surface area (Å²) in [5.41, 5.74) is 9.28. The standard InChI is InChI=1S/C36H59N3O5/c1-26(18-19-29-28(3)16-13-21-34(29,4)5)14-12-15-27(2)24-32(41)39-35(6,7)25-44-36(8,9)22-20-31(40)38-30(33(42)43)17-10-11-23-37/h12,14-15,18-19,24,30H,10-11,13,16-17,20-23,25,37H2,1-9H3,(H,38,40)(H,39,41)(H,42,43)/b15-12+,19-18+,26-14+,27-24+. The first kappa shape index (κ1) is 39.1. The van der Waals surface area contributed by atoms with Crippen molar-refractivity contribution in [3.8, 4) is 0 Å². The quantitative estimate of drug-likeness (QED) is 0.0774. The molecule has 8 heteroatoms. The Morgan fingerprint density at radius 3 is 2.39 bits per heavy atom. The molecule has 8 nitrogen and oxygen atoms in total. The van der Waals surface area contributed by atoms with E-state index in [-0.39, 0.29) is 30.3 Å². The highest BCUT2D eigenvalue weighted by Crippen LogP contribution is 2.40. The van der Waals surface area contributed by atoms with E-state index in [2.05, 4.69) is 50.5 Å². The summed E-state index contributed by atoms with van der Waals surface area (Å²) in [6.07, 6.45) is 17.8. The van der Waals surface area contributed by atoms with Crippen LogP contribution in [-0.2, 0) is 19.1 Å². The summed E-state index contributed by atoms with van der Waals surface area (Å²) in [6.45, 7) is 19.1. The van der Waals surface area contributed by atoms with Crippen LogP contribution in [0.15, 0.2) is 58.7 Å². The number of unbranched alkanes of at least 4 members (excludes halogenated alkanes) is 1. The molecule has 44 heavy (non-hydrogen) atoms. The maximum atomic E-state index is 12.7. The molecule has 1 aliphatic carbocycles. The fourth-order valence-corrected chi connectivity index (χ4v) is 5.17. The summed E-state index contributed by atoms with van der Waals surface area (Å²) < 4.78 is 6.08. The molecule has 0 fully saturated rings. The van der Waals surface area contributed by atoms with Crippen molar-refractivity contribution in [2.24, 2.45) is 11.1 Å². The number of carbonyl (C=O) groups is 3. The Morgan fingerprint density at radius 1 is 1.09 bits per heavy atom. The first-order valence-electron chi connectivity index (χ1n) is 16.0. The van der Waals surface area contributed by atoms with Crippen LogP contribution < -0.4 is 16.4 Å². The number of hydrogen-bond donors (Lipinski definition) is 4. The molecule has 0 aromatic heterocycles. The van der Waals surface area contributed by atoms with Crippen LogP contribution in [-0.4, -0.2) is 53.2 Å². The third-order valence-corrected chi connectivity index (χ3v) is 7.95. The summed E-state index contributed by atoms with van der Waals surface area (Å²) >= 11 is 0. The summed E-state index contributed by atoms with van der Waals surface area (Å²) in [7, 11) is 0. The Morgan fingerprint density at radius 2 is 1.77 bits per heavy atom. The van der Waals surface area contributed by atoms with E-state index in [9.17, 15) is 19.5 Å². The molecule has 1 aliphatic rings. The van der Waals surface area contributed by atoms with Crippen LogP contribution in [0.25, 0.3) is 0 Å². The molecule has 0 saturated carbocycles. The summed E-state index contributed by atoms with van der Waals surface area (Å²) in [4.78, 5) is 36.6. The van der Waals surface area contributed by atoms with Crippen LogP contribution in [0.5, 0.6) is 0 Å². The third-order valence-electron chi connectivity index (χ3n) is 7.95. The Labute approximate surface area is 266 Å². The number of amides is 2. The number of ether oxygens (including phenoxy) is 1. The molecule has 1 unspecified atom stereocenters. The van der Waals surface area contributed by atoms with E-state index >= 15 is 0 Å². The van der Waals surface area contributed by atoms with Crippen molar-refractivity contribution in [2.45, 2.75) is 131 Å². The monoisotopic (exact) mass is 613 g/mol. The van der Waals surface area contributed by atoms with Crippen molar-refractivity contribution in [1.29, 1.82) is 0 Å². The molecule has 0 aromatic carbocycles.